The van der Waals surface area contributed by atoms with Crippen molar-refractivity contribution >= 4 is 16.9 Å². The largest absolute Gasteiger partial charge is 0.478 e. The van der Waals surface area contributed by atoms with E-state index >= 15 is 0 Å². The Labute approximate surface area is 87.3 Å². The van der Waals surface area contributed by atoms with Crippen molar-refractivity contribution in [3.05, 3.63) is 35.1 Å². The van der Waals surface area contributed by atoms with Crippen LogP contribution in [0.2, 0.25) is 0 Å². The molecule has 0 aliphatic carbocycles. The molecule has 2 aromatic rings. The second-order valence-electron chi connectivity index (χ2n) is 3.56. The van der Waals surface area contributed by atoms with Crippen LogP contribution in [0.15, 0.2) is 22.6 Å². The van der Waals surface area contributed by atoms with E-state index in [0.717, 1.165) is 5.56 Å². The third-order valence-electron chi connectivity index (χ3n) is 2.45. The van der Waals surface area contributed by atoms with Crippen LogP contribution in [0.3, 0.4) is 0 Å². The summed E-state index contributed by atoms with van der Waals surface area (Å²) < 4.78 is 5.48. The van der Waals surface area contributed by atoms with E-state index in [0.29, 0.717) is 28.7 Å². The van der Waals surface area contributed by atoms with Gasteiger partial charge in [-0.1, -0.05) is 18.6 Å². The SMILES string of the molecule is CCc1oc2ccc(C)cc2c1C(=O)O. The minimum atomic E-state index is -0.920. The summed E-state index contributed by atoms with van der Waals surface area (Å²) in [5.41, 5.74) is 1.99. The fourth-order valence-electron chi connectivity index (χ4n) is 1.75. The third kappa shape index (κ3) is 1.50. The van der Waals surface area contributed by atoms with Crippen molar-refractivity contribution in [3.63, 3.8) is 0 Å². The average molecular weight is 204 g/mol. The number of hydrogen-bond donors (Lipinski definition) is 1. The summed E-state index contributed by atoms with van der Waals surface area (Å²) in [6.07, 6.45) is 0.593. The molecule has 0 aliphatic rings. The first-order valence-electron chi connectivity index (χ1n) is 4.88. The first kappa shape index (κ1) is 9.77. The molecule has 0 saturated heterocycles. The second kappa shape index (κ2) is 3.42. The summed E-state index contributed by atoms with van der Waals surface area (Å²) in [6, 6.07) is 5.58. The Kier molecular flexibility index (Phi) is 2.23. The van der Waals surface area contributed by atoms with Crippen LogP contribution in [0.5, 0.6) is 0 Å². The molecule has 3 nitrogen and oxygen atoms in total. The highest BCUT2D eigenvalue weighted by Gasteiger charge is 2.18. The van der Waals surface area contributed by atoms with Gasteiger partial charge in [-0.2, -0.15) is 0 Å². The summed E-state index contributed by atoms with van der Waals surface area (Å²) in [4.78, 5) is 11.1. The fourth-order valence-corrected chi connectivity index (χ4v) is 1.75. The molecule has 0 spiro atoms. The van der Waals surface area contributed by atoms with Gasteiger partial charge < -0.3 is 9.52 Å². The molecular formula is C12H12O3. The molecule has 0 amide bonds. The van der Waals surface area contributed by atoms with Crippen LogP contribution < -0.4 is 0 Å². The lowest BCUT2D eigenvalue weighted by molar-refractivity contribution is 0.0696. The van der Waals surface area contributed by atoms with E-state index in [2.05, 4.69) is 0 Å². The van der Waals surface area contributed by atoms with E-state index < -0.39 is 5.97 Å². The number of furan rings is 1. The van der Waals surface area contributed by atoms with Gasteiger partial charge in [0, 0.05) is 11.8 Å². The first-order valence-corrected chi connectivity index (χ1v) is 4.88. The number of aromatic carboxylic acids is 1. The van der Waals surface area contributed by atoms with Crippen LogP contribution in [0.1, 0.15) is 28.6 Å². The van der Waals surface area contributed by atoms with Crippen LogP contribution in [0.4, 0.5) is 0 Å². The molecular weight excluding hydrogens is 192 g/mol. The summed E-state index contributed by atoms with van der Waals surface area (Å²) >= 11 is 0. The molecule has 3 heteroatoms. The second-order valence-corrected chi connectivity index (χ2v) is 3.56. The quantitative estimate of drug-likeness (QED) is 0.818. The predicted molar refractivity (Wildman–Crippen MR) is 57.3 cm³/mol. The van der Waals surface area contributed by atoms with E-state index in [4.69, 9.17) is 9.52 Å². The lowest BCUT2D eigenvalue weighted by Gasteiger charge is -1.94. The van der Waals surface area contributed by atoms with E-state index in [1.807, 2.05) is 32.0 Å². The molecule has 78 valence electrons. The van der Waals surface area contributed by atoms with Gasteiger partial charge in [-0.3, -0.25) is 0 Å². The normalized spacial score (nSPS) is 10.8. The Hall–Kier alpha value is -1.77. The van der Waals surface area contributed by atoms with Crippen molar-refractivity contribution in [1.29, 1.82) is 0 Å². The maximum absolute atomic E-state index is 11.1. The van der Waals surface area contributed by atoms with Crippen LogP contribution in [0.25, 0.3) is 11.0 Å². The van der Waals surface area contributed by atoms with Gasteiger partial charge in [0.05, 0.1) is 0 Å². The molecule has 1 aromatic heterocycles. The zero-order valence-corrected chi connectivity index (χ0v) is 8.70. The number of rotatable bonds is 2. The zero-order valence-electron chi connectivity index (χ0n) is 8.70. The lowest BCUT2D eigenvalue weighted by atomic mass is 10.1. The zero-order chi connectivity index (χ0) is 11.0. The highest BCUT2D eigenvalue weighted by atomic mass is 16.4. The van der Waals surface area contributed by atoms with Crippen molar-refractivity contribution in [1.82, 2.24) is 0 Å². The number of fused-ring (bicyclic) bond motifs is 1. The fraction of sp³-hybridized carbons (Fsp3) is 0.250. The van der Waals surface area contributed by atoms with Gasteiger partial charge in [0.1, 0.15) is 16.9 Å². The minimum Gasteiger partial charge on any atom is -0.478 e. The topological polar surface area (TPSA) is 50.4 Å². The highest BCUT2D eigenvalue weighted by molar-refractivity contribution is 6.03. The Bertz CT molecular complexity index is 523. The van der Waals surface area contributed by atoms with Crippen LogP contribution >= 0.6 is 0 Å². The molecule has 1 aromatic carbocycles. The molecule has 0 fully saturated rings. The van der Waals surface area contributed by atoms with Crippen molar-refractivity contribution in [3.8, 4) is 0 Å². The first-order chi connectivity index (χ1) is 7.13. The Morgan fingerprint density at radius 3 is 2.80 bits per heavy atom. The number of carbonyl (C=O) groups is 1. The number of aryl methyl sites for hydroxylation is 2. The van der Waals surface area contributed by atoms with Gasteiger partial charge >= 0.3 is 5.97 Å². The predicted octanol–water partition coefficient (Wildman–Crippen LogP) is 3.00. The van der Waals surface area contributed by atoms with Gasteiger partial charge in [-0.15, -0.1) is 0 Å². The van der Waals surface area contributed by atoms with E-state index in [-0.39, 0.29) is 0 Å². The van der Waals surface area contributed by atoms with Gasteiger partial charge in [0.25, 0.3) is 0 Å². The third-order valence-corrected chi connectivity index (χ3v) is 2.45. The summed E-state index contributed by atoms with van der Waals surface area (Å²) in [5.74, 6) is -0.376. The molecule has 0 unspecified atom stereocenters. The van der Waals surface area contributed by atoms with Crippen LogP contribution in [-0.2, 0) is 6.42 Å². The molecule has 2 rings (SSSR count). The van der Waals surface area contributed by atoms with Gasteiger partial charge in [-0.05, 0) is 19.1 Å². The maximum atomic E-state index is 11.1. The summed E-state index contributed by atoms with van der Waals surface area (Å²) in [5, 5.41) is 9.81. The average Bonchev–Trinajstić information content (AvgIpc) is 2.55. The van der Waals surface area contributed by atoms with Crippen molar-refractivity contribution < 1.29 is 14.3 Å². The van der Waals surface area contributed by atoms with Gasteiger partial charge in [0.2, 0.25) is 0 Å². The monoisotopic (exact) mass is 204 g/mol. The summed E-state index contributed by atoms with van der Waals surface area (Å²) in [6.45, 7) is 3.82. The van der Waals surface area contributed by atoms with Crippen molar-refractivity contribution in [2.24, 2.45) is 0 Å². The van der Waals surface area contributed by atoms with E-state index in [1.165, 1.54) is 0 Å². The van der Waals surface area contributed by atoms with Crippen molar-refractivity contribution in [2.45, 2.75) is 20.3 Å². The van der Waals surface area contributed by atoms with Gasteiger partial charge in [0.15, 0.2) is 0 Å². The molecule has 0 bridgehead atoms. The van der Waals surface area contributed by atoms with E-state index in [1.54, 1.807) is 0 Å². The number of carboxylic acids is 1. The Morgan fingerprint density at radius 1 is 1.47 bits per heavy atom. The molecule has 1 N–H and O–H groups in total. The van der Waals surface area contributed by atoms with E-state index in [9.17, 15) is 4.79 Å². The smallest absolute Gasteiger partial charge is 0.339 e. The lowest BCUT2D eigenvalue weighted by Crippen LogP contribution is -1.98. The number of hydrogen-bond acceptors (Lipinski definition) is 2. The highest BCUT2D eigenvalue weighted by Crippen LogP contribution is 2.27. The van der Waals surface area contributed by atoms with Gasteiger partial charge in [-0.25, -0.2) is 4.79 Å². The van der Waals surface area contributed by atoms with Crippen LogP contribution in [0, 0.1) is 6.92 Å². The van der Waals surface area contributed by atoms with Crippen LogP contribution in [-0.4, -0.2) is 11.1 Å². The number of benzene rings is 1. The molecule has 0 saturated carbocycles. The Morgan fingerprint density at radius 2 is 2.20 bits per heavy atom. The minimum absolute atomic E-state index is 0.302. The van der Waals surface area contributed by atoms with Crippen molar-refractivity contribution in [2.75, 3.05) is 0 Å². The molecule has 0 aliphatic heterocycles. The summed E-state index contributed by atoms with van der Waals surface area (Å²) in [7, 11) is 0. The number of carboxylic acid groups (broad SMARTS) is 1. The molecule has 0 atom stereocenters. The molecule has 1 heterocycles. The standard InChI is InChI=1S/C12H12O3/c1-3-9-11(12(13)14)8-6-7(2)4-5-10(8)15-9/h4-6H,3H2,1-2H3,(H,13,14). The molecule has 0 radical (unpaired) electrons. The maximum Gasteiger partial charge on any atom is 0.339 e. The Balaban J connectivity index is 2.82. The molecule has 15 heavy (non-hydrogen) atoms.